The lowest BCUT2D eigenvalue weighted by atomic mass is 10.3. The number of halogens is 1. The first-order valence-corrected chi connectivity index (χ1v) is 6.01. The fourth-order valence-electron chi connectivity index (χ4n) is 1.47. The number of hydrogen-bond donors (Lipinski definition) is 1. The van der Waals surface area contributed by atoms with Crippen LogP contribution in [0.5, 0.6) is 0 Å². The molecule has 0 spiro atoms. The molecule has 0 aliphatic heterocycles. The SMILES string of the molecule is CCOC(=O)c1cnn(-c2ncc(C(=O)O)cc2Cl)c1. The summed E-state index contributed by atoms with van der Waals surface area (Å²) in [6.45, 7) is 1.96. The van der Waals surface area contributed by atoms with E-state index in [1.165, 1.54) is 23.1 Å². The number of ether oxygens (including phenoxy) is 1. The van der Waals surface area contributed by atoms with Gasteiger partial charge in [-0.25, -0.2) is 19.3 Å². The minimum absolute atomic E-state index is 0.0310. The summed E-state index contributed by atoms with van der Waals surface area (Å²) >= 11 is 5.96. The Morgan fingerprint density at radius 2 is 2.15 bits per heavy atom. The zero-order chi connectivity index (χ0) is 14.7. The van der Waals surface area contributed by atoms with Crippen LogP contribution in [0.1, 0.15) is 27.6 Å². The third-order valence-electron chi connectivity index (χ3n) is 2.38. The molecule has 0 radical (unpaired) electrons. The summed E-state index contributed by atoms with van der Waals surface area (Å²) in [5.41, 5.74) is 0.226. The van der Waals surface area contributed by atoms with Crippen LogP contribution in [-0.4, -0.2) is 38.4 Å². The molecule has 20 heavy (non-hydrogen) atoms. The summed E-state index contributed by atoms with van der Waals surface area (Å²) in [5.74, 6) is -1.40. The van der Waals surface area contributed by atoms with Gasteiger partial charge < -0.3 is 9.84 Å². The number of aromatic carboxylic acids is 1. The van der Waals surface area contributed by atoms with Gasteiger partial charge in [-0.05, 0) is 13.0 Å². The molecule has 104 valence electrons. The molecule has 2 aromatic rings. The zero-order valence-electron chi connectivity index (χ0n) is 10.4. The van der Waals surface area contributed by atoms with Crippen molar-refractivity contribution < 1.29 is 19.4 Å². The molecule has 2 heterocycles. The number of carboxylic acids is 1. The standard InChI is InChI=1S/C12H10ClN3O4/c1-2-20-12(19)8-5-15-16(6-8)10-9(13)3-7(4-14-10)11(17)18/h3-6H,2H2,1H3,(H,17,18). The average molecular weight is 296 g/mol. The van der Waals surface area contributed by atoms with Gasteiger partial charge in [-0.1, -0.05) is 11.6 Å². The number of carbonyl (C=O) groups excluding carboxylic acids is 1. The number of aromatic nitrogens is 3. The maximum absolute atomic E-state index is 11.5. The molecule has 0 unspecified atom stereocenters. The monoisotopic (exact) mass is 295 g/mol. The van der Waals surface area contributed by atoms with Gasteiger partial charge in [-0.2, -0.15) is 5.10 Å². The van der Waals surface area contributed by atoms with Gasteiger partial charge >= 0.3 is 11.9 Å². The number of hydrogen-bond acceptors (Lipinski definition) is 5. The summed E-state index contributed by atoms with van der Waals surface area (Å²) < 4.78 is 6.11. The Morgan fingerprint density at radius 3 is 2.75 bits per heavy atom. The van der Waals surface area contributed by atoms with Crippen molar-refractivity contribution in [1.82, 2.24) is 14.8 Å². The molecule has 2 aromatic heterocycles. The Hall–Kier alpha value is -2.41. The number of rotatable bonds is 4. The van der Waals surface area contributed by atoms with E-state index in [1.54, 1.807) is 6.92 Å². The van der Waals surface area contributed by atoms with Crippen LogP contribution in [-0.2, 0) is 4.74 Å². The van der Waals surface area contributed by atoms with Gasteiger partial charge in [0, 0.05) is 12.4 Å². The van der Waals surface area contributed by atoms with E-state index in [9.17, 15) is 9.59 Å². The molecular weight excluding hydrogens is 286 g/mol. The van der Waals surface area contributed by atoms with Crippen molar-refractivity contribution in [3.63, 3.8) is 0 Å². The van der Waals surface area contributed by atoms with Crippen molar-refractivity contribution in [2.24, 2.45) is 0 Å². The Morgan fingerprint density at radius 1 is 1.40 bits per heavy atom. The van der Waals surface area contributed by atoms with Crippen molar-refractivity contribution in [1.29, 1.82) is 0 Å². The van der Waals surface area contributed by atoms with Crippen LogP contribution in [0.25, 0.3) is 5.82 Å². The van der Waals surface area contributed by atoms with Crippen molar-refractivity contribution in [3.05, 3.63) is 40.8 Å². The lowest BCUT2D eigenvalue weighted by molar-refractivity contribution is 0.0526. The minimum Gasteiger partial charge on any atom is -0.478 e. The lowest BCUT2D eigenvalue weighted by Crippen LogP contribution is -2.04. The molecule has 8 heteroatoms. The van der Waals surface area contributed by atoms with E-state index in [0.29, 0.717) is 0 Å². The summed E-state index contributed by atoms with van der Waals surface area (Å²) in [7, 11) is 0. The predicted octanol–water partition coefficient (Wildman–Crippen LogP) is 1.80. The molecule has 0 bridgehead atoms. The smallest absolute Gasteiger partial charge is 0.341 e. The predicted molar refractivity (Wildman–Crippen MR) is 69.3 cm³/mol. The maximum atomic E-state index is 11.5. The topological polar surface area (TPSA) is 94.3 Å². The minimum atomic E-state index is -1.13. The van der Waals surface area contributed by atoms with Crippen molar-refractivity contribution in [2.75, 3.05) is 6.61 Å². The van der Waals surface area contributed by atoms with E-state index in [1.807, 2.05) is 0 Å². The van der Waals surface area contributed by atoms with Crippen molar-refractivity contribution >= 4 is 23.5 Å². The highest BCUT2D eigenvalue weighted by Gasteiger charge is 2.14. The van der Waals surface area contributed by atoms with Gasteiger partial charge in [0.05, 0.1) is 29.0 Å². The van der Waals surface area contributed by atoms with Crippen molar-refractivity contribution in [3.8, 4) is 5.82 Å². The number of carbonyl (C=O) groups is 2. The Labute approximate surface area is 118 Å². The molecule has 0 aliphatic carbocycles. The molecular formula is C12H10ClN3O4. The second kappa shape index (κ2) is 5.70. The first kappa shape index (κ1) is 14.0. The molecule has 0 aliphatic rings. The molecule has 7 nitrogen and oxygen atoms in total. The van der Waals surface area contributed by atoms with Crippen molar-refractivity contribution in [2.45, 2.75) is 6.92 Å². The molecule has 0 saturated carbocycles. The summed E-state index contributed by atoms with van der Waals surface area (Å²) in [4.78, 5) is 26.2. The average Bonchev–Trinajstić information content (AvgIpc) is 2.88. The van der Waals surface area contributed by atoms with Gasteiger partial charge in [-0.15, -0.1) is 0 Å². The van der Waals surface area contributed by atoms with E-state index in [4.69, 9.17) is 21.4 Å². The summed E-state index contributed by atoms with van der Waals surface area (Å²) in [5, 5.41) is 12.9. The molecule has 2 rings (SSSR count). The molecule has 0 atom stereocenters. The fraction of sp³-hybridized carbons (Fsp3) is 0.167. The molecule has 0 saturated heterocycles. The van der Waals surface area contributed by atoms with E-state index < -0.39 is 11.9 Å². The van der Waals surface area contributed by atoms with Gasteiger partial charge in [0.2, 0.25) is 0 Å². The van der Waals surface area contributed by atoms with E-state index in [0.717, 1.165) is 6.20 Å². The normalized spacial score (nSPS) is 10.3. The lowest BCUT2D eigenvalue weighted by Gasteiger charge is -2.03. The van der Waals surface area contributed by atoms with Gasteiger partial charge in [-0.3, -0.25) is 0 Å². The second-order valence-corrected chi connectivity index (χ2v) is 4.14. The van der Waals surface area contributed by atoms with E-state index in [2.05, 4.69) is 10.1 Å². The molecule has 0 fully saturated rings. The number of nitrogens with zero attached hydrogens (tertiary/aromatic N) is 3. The Kier molecular flexibility index (Phi) is 3.99. The molecule has 0 amide bonds. The second-order valence-electron chi connectivity index (χ2n) is 3.73. The molecule has 1 N–H and O–H groups in total. The van der Waals surface area contributed by atoms with Crippen LogP contribution in [0, 0.1) is 0 Å². The van der Waals surface area contributed by atoms with Crippen LogP contribution in [0.15, 0.2) is 24.7 Å². The Balaban J connectivity index is 2.33. The number of esters is 1. The van der Waals surface area contributed by atoms with Gasteiger partial charge in [0.1, 0.15) is 0 Å². The highest BCUT2D eigenvalue weighted by atomic mass is 35.5. The third kappa shape index (κ3) is 2.77. The third-order valence-corrected chi connectivity index (χ3v) is 2.66. The van der Waals surface area contributed by atoms with E-state index in [-0.39, 0.29) is 28.6 Å². The summed E-state index contributed by atoms with van der Waals surface area (Å²) in [6.07, 6.45) is 3.89. The van der Waals surface area contributed by atoms with E-state index >= 15 is 0 Å². The number of pyridine rings is 1. The van der Waals surface area contributed by atoms with Crippen LogP contribution in [0.3, 0.4) is 0 Å². The maximum Gasteiger partial charge on any atom is 0.341 e. The summed E-state index contributed by atoms with van der Waals surface area (Å²) in [6, 6.07) is 1.26. The number of carboxylic acid groups (broad SMARTS) is 1. The largest absolute Gasteiger partial charge is 0.478 e. The molecule has 0 aromatic carbocycles. The first-order valence-electron chi connectivity index (χ1n) is 5.64. The Bertz CT molecular complexity index is 668. The zero-order valence-corrected chi connectivity index (χ0v) is 11.2. The quantitative estimate of drug-likeness (QED) is 0.864. The van der Waals surface area contributed by atoms with Crippen LogP contribution in [0.4, 0.5) is 0 Å². The van der Waals surface area contributed by atoms with Gasteiger partial charge in [0.15, 0.2) is 5.82 Å². The highest BCUT2D eigenvalue weighted by molar-refractivity contribution is 6.32. The fourth-order valence-corrected chi connectivity index (χ4v) is 1.73. The van der Waals surface area contributed by atoms with Crippen LogP contribution < -0.4 is 0 Å². The van der Waals surface area contributed by atoms with Crippen LogP contribution >= 0.6 is 11.6 Å². The first-order chi connectivity index (χ1) is 9.52. The van der Waals surface area contributed by atoms with Gasteiger partial charge in [0.25, 0.3) is 0 Å². The van der Waals surface area contributed by atoms with Crippen LogP contribution in [0.2, 0.25) is 5.02 Å². The highest BCUT2D eigenvalue weighted by Crippen LogP contribution is 2.19.